The molecule has 2 rings (SSSR count). The molecule has 0 aromatic heterocycles. The fraction of sp³-hybridized carbons (Fsp3) is 0.538. The molecule has 0 radical (unpaired) electrons. The quantitative estimate of drug-likeness (QED) is 0.818. The summed E-state index contributed by atoms with van der Waals surface area (Å²) < 4.78 is 13.2. The van der Waals surface area contributed by atoms with Gasteiger partial charge < -0.3 is 10.6 Å². The molecule has 1 saturated carbocycles. The maximum Gasteiger partial charge on any atom is 0.142 e. The molecule has 0 heterocycles. The Hall–Kier alpha value is -0.640. The van der Waals surface area contributed by atoms with Crippen LogP contribution in [0.5, 0.6) is 0 Å². The highest BCUT2D eigenvalue weighted by molar-refractivity contribution is 6.31. The van der Waals surface area contributed by atoms with Gasteiger partial charge >= 0.3 is 0 Å². The summed E-state index contributed by atoms with van der Waals surface area (Å²) in [6.45, 7) is 3.66. The fourth-order valence-electron chi connectivity index (χ4n) is 1.67. The average Bonchev–Trinajstić information content (AvgIpc) is 3.12. The molecule has 1 aliphatic rings. The molecule has 0 spiro atoms. The van der Waals surface area contributed by atoms with Crippen LogP contribution in [0.15, 0.2) is 18.2 Å². The van der Waals surface area contributed by atoms with Crippen molar-refractivity contribution in [3.63, 3.8) is 0 Å². The van der Waals surface area contributed by atoms with Crippen molar-refractivity contribution in [2.75, 3.05) is 6.54 Å². The zero-order valence-electron chi connectivity index (χ0n) is 9.97. The standard InChI is InChI=1S/C13H18ClFN2/c1-9(7-17-11-5-6-11)16-8-10-3-2-4-12(15)13(10)14/h2-4,9,11,16-17H,5-8H2,1H3. The lowest BCUT2D eigenvalue weighted by Crippen LogP contribution is -2.36. The van der Waals surface area contributed by atoms with E-state index in [1.807, 2.05) is 6.07 Å². The lowest BCUT2D eigenvalue weighted by molar-refractivity contribution is 0.499. The third-order valence-corrected chi connectivity index (χ3v) is 3.39. The Labute approximate surface area is 107 Å². The number of rotatable bonds is 6. The zero-order chi connectivity index (χ0) is 12.3. The third-order valence-electron chi connectivity index (χ3n) is 2.96. The molecule has 1 aromatic carbocycles. The number of halogens is 2. The first-order valence-electron chi connectivity index (χ1n) is 6.06. The van der Waals surface area contributed by atoms with Crippen molar-refractivity contribution in [3.05, 3.63) is 34.6 Å². The highest BCUT2D eigenvalue weighted by Gasteiger charge is 2.20. The maximum atomic E-state index is 13.2. The first-order chi connectivity index (χ1) is 8.16. The molecule has 2 nitrogen and oxygen atoms in total. The van der Waals surface area contributed by atoms with Crippen LogP contribution in [0, 0.1) is 5.82 Å². The average molecular weight is 257 g/mol. The van der Waals surface area contributed by atoms with Gasteiger partial charge in [0.1, 0.15) is 5.82 Å². The van der Waals surface area contributed by atoms with E-state index in [1.165, 1.54) is 18.9 Å². The molecule has 1 aliphatic carbocycles. The predicted molar refractivity (Wildman–Crippen MR) is 68.7 cm³/mol. The molecule has 0 amide bonds. The molecule has 1 unspecified atom stereocenters. The van der Waals surface area contributed by atoms with Crippen LogP contribution in [-0.2, 0) is 6.54 Å². The van der Waals surface area contributed by atoms with E-state index in [-0.39, 0.29) is 10.8 Å². The van der Waals surface area contributed by atoms with Crippen molar-refractivity contribution in [1.82, 2.24) is 10.6 Å². The van der Waals surface area contributed by atoms with Crippen LogP contribution in [0.1, 0.15) is 25.3 Å². The van der Waals surface area contributed by atoms with Gasteiger partial charge in [0.2, 0.25) is 0 Å². The maximum absolute atomic E-state index is 13.2. The van der Waals surface area contributed by atoms with E-state index in [4.69, 9.17) is 11.6 Å². The van der Waals surface area contributed by atoms with Crippen molar-refractivity contribution in [1.29, 1.82) is 0 Å². The Kier molecular flexibility index (Phi) is 4.37. The fourth-order valence-corrected chi connectivity index (χ4v) is 1.87. The van der Waals surface area contributed by atoms with E-state index < -0.39 is 0 Å². The molecule has 0 aliphatic heterocycles. The highest BCUT2D eigenvalue weighted by Crippen LogP contribution is 2.20. The van der Waals surface area contributed by atoms with Crippen LogP contribution in [0.3, 0.4) is 0 Å². The number of nitrogens with one attached hydrogen (secondary N) is 2. The molecule has 1 aromatic rings. The lowest BCUT2D eigenvalue weighted by Gasteiger charge is -2.15. The molecule has 1 atom stereocenters. The molecule has 1 fully saturated rings. The van der Waals surface area contributed by atoms with Gasteiger partial charge in [0.25, 0.3) is 0 Å². The largest absolute Gasteiger partial charge is 0.312 e. The minimum atomic E-state index is -0.352. The minimum Gasteiger partial charge on any atom is -0.312 e. The van der Waals surface area contributed by atoms with Crippen LogP contribution in [0.4, 0.5) is 4.39 Å². The van der Waals surface area contributed by atoms with Crippen LogP contribution >= 0.6 is 11.6 Å². The SMILES string of the molecule is CC(CNC1CC1)NCc1cccc(F)c1Cl. The second-order valence-corrected chi connectivity index (χ2v) is 5.06. The molecule has 0 bridgehead atoms. The molecular formula is C13H18ClFN2. The van der Waals surface area contributed by atoms with Gasteiger partial charge in [-0.2, -0.15) is 0 Å². The molecule has 17 heavy (non-hydrogen) atoms. The van der Waals surface area contributed by atoms with Crippen molar-refractivity contribution < 1.29 is 4.39 Å². The molecule has 4 heteroatoms. The number of benzene rings is 1. The van der Waals surface area contributed by atoms with Crippen molar-refractivity contribution in [2.45, 2.75) is 38.4 Å². The van der Waals surface area contributed by atoms with Gasteiger partial charge in [-0.25, -0.2) is 4.39 Å². The molecule has 2 N–H and O–H groups in total. The van der Waals surface area contributed by atoms with E-state index in [0.29, 0.717) is 12.6 Å². The predicted octanol–water partition coefficient (Wildman–Crippen LogP) is 2.71. The summed E-state index contributed by atoms with van der Waals surface area (Å²) >= 11 is 5.88. The summed E-state index contributed by atoms with van der Waals surface area (Å²) in [5.74, 6) is -0.352. The molecule has 0 saturated heterocycles. The van der Waals surface area contributed by atoms with Crippen LogP contribution < -0.4 is 10.6 Å². The summed E-state index contributed by atoms with van der Waals surface area (Å²) in [6.07, 6.45) is 2.59. The number of hydrogen-bond acceptors (Lipinski definition) is 2. The second-order valence-electron chi connectivity index (χ2n) is 4.68. The highest BCUT2D eigenvalue weighted by atomic mass is 35.5. The topological polar surface area (TPSA) is 24.1 Å². The second kappa shape index (κ2) is 5.80. The van der Waals surface area contributed by atoms with Gasteiger partial charge in [0, 0.05) is 25.2 Å². The van der Waals surface area contributed by atoms with E-state index in [1.54, 1.807) is 6.07 Å². The molecular weight excluding hydrogens is 239 g/mol. The zero-order valence-corrected chi connectivity index (χ0v) is 10.7. The van der Waals surface area contributed by atoms with Crippen LogP contribution in [0.2, 0.25) is 5.02 Å². The Morgan fingerprint density at radius 1 is 1.47 bits per heavy atom. The van der Waals surface area contributed by atoms with E-state index in [9.17, 15) is 4.39 Å². The van der Waals surface area contributed by atoms with Gasteiger partial charge in [-0.05, 0) is 31.4 Å². The minimum absolute atomic E-state index is 0.224. The smallest absolute Gasteiger partial charge is 0.142 e. The summed E-state index contributed by atoms with van der Waals surface area (Å²) in [5, 5.41) is 7.01. The summed E-state index contributed by atoms with van der Waals surface area (Å²) in [5.41, 5.74) is 0.810. The van der Waals surface area contributed by atoms with Crippen LogP contribution in [-0.4, -0.2) is 18.6 Å². The monoisotopic (exact) mass is 256 g/mol. The normalized spacial score (nSPS) is 17.1. The van der Waals surface area contributed by atoms with Gasteiger partial charge in [-0.15, -0.1) is 0 Å². The summed E-state index contributed by atoms with van der Waals surface area (Å²) in [6, 6.07) is 5.99. The first kappa shape index (κ1) is 12.8. The van der Waals surface area contributed by atoms with Crippen molar-refractivity contribution in [3.8, 4) is 0 Å². The van der Waals surface area contributed by atoms with Gasteiger partial charge in [0.15, 0.2) is 0 Å². The van der Waals surface area contributed by atoms with Crippen molar-refractivity contribution >= 4 is 11.6 Å². The Balaban J connectivity index is 1.77. The Bertz CT molecular complexity index is 380. The van der Waals surface area contributed by atoms with E-state index in [0.717, 1.165) is 18.2 Å². The van der Waals surface area contributed by atoms with Crippen molar-refractivity contribution in [2.24, 2.45) is 0 Å². The van der Waals surface area contributed by atoms with E-state index >= 15 is 0 Å². The molecule has 94 valence electrons. The van der Waals surface area contributed by atoms with Gasteiger partial charge in [0.05, 0.1) is 5.02 Å². The van der Waals surface area contributed by atoms with Gasteiger partial charge in [-0.1, -0.05) is 23.7 Å². The van der Waals surface area contributed by atoms with Crippen LogP contribution in [0.25, 0.3) is 0 Å². The van der Waals surface area contributed by atoms with E-state index in [2.05, 4.69) is 17.6 Å². The lowest BCUT2D eigenvalue weighted by atomic mass is 10.2. The Morgan fingerprint density at radius 3 is 2.94 bits per heavy atom. The summed E-state index contributed by atoms with van der Waals surface area (Å²) in [7, 11) is 0. The summed E-state index contributed by atoms with van der Waals surface area (Å²) in [4.78, 5) is 0. The Morgan fingerprint density at radius 2 is 2.24 bits per heavy atom. The number of hydrogen-bond donors (Lipinski definition) is 2. The van der Waals surface area contributed by atoms with Gasteiger partial charge in [-0.3, -0.25) is 0 Å². The first-order valence-corrected chi connectivity index (χ1v) is 6.44. The third kappa shape index (κ3) is 3.95.